The normalized spacial score (nSPS) is 19.4. The number of carbonyl (C=O) groups excluding carboxylic acids is 1. The van der Waals surface area contributed by atoms with Crippen molar-refractivity contribution < 1.29 is 22.7 Å². The molecule has 1 unspecified atom stereocenters. The highest BCUT2D eigenvalue weighted by atomic mass is 19.4. The van der Waals surface area contributed by atoms with E-state index in [0.29, 0.717) is 19.5 Å². The molecule has 104 valence electrons. The fourth-order valence-corrected chi connectivity index (χ4v) is 2.29. The molecule has 7 heteroatoms. The van der Waals surface area contributed by atoms with Gasteiger partial charge in [-0.25, -0.2) is 0 Å². The summed E-state index contributed by atoms with van der Waals surface area (Å²) < 4.78 is 41.2. The van der Waals surface area contributed by atoms with Crippen molar-refractivity contribution in [3.63, 3.8) is 0 Å². The van der Waals surface area contributed by atoms with Gasteiger partial charge in [0.2, 0.25) is 5.91 Å². The van der Waals surface area contributed by atoms with E-state index in [1.807, 2.05) is 0 Å². The van der Waals surface area contributed by atoms with Gasteiger partial charge in [-0.1, -0.05) is 6.07 Å². The van der Waals surface area contributed by atoms with Crippen LogP contribution in [0.4, 0.5) is 13.2 Å². The number of hydrogen-bond donors (Lipinski definition) is 2. The Morgan fingerprint density at radius 2 is 2.16 bits per heavy atom. The number of hydrogen-bond acceptors (Lipinski definition) is 3. The summed E-state index contributed by atoms with van der Waals surface area (Å²) in [5, 5.41) is 3.04. The summed E-state index contributed by atoms with van der Waals surface area (Å²) in [6, 6.07) is 3.94. The van der Waals surface area contributed by atoms with Crippen molar-refractivity contribution in [1.82, 2.24) is 5.32 Å². The second kappa shape index (κ2) is 5.08. The first kappa shape index (κ1) is 13.7. The molecule has 1 heterocycles. The Balaban J connectivity index is 2.46. The van der Waals surface area contributed by atoms with Gasteiger partial charge in [-0.15, -0.1) is 13.2 Å². The number of nitrogens with one attached hydrogen (secondary N) is 1. The molecule has 0 bridgehead atoms. The number of rotatable bonds is 3. The summed E-state index contributed by atoms with van der Waals surface area (Å²) in [6.45, 7) is 1.18. The van der Waals surface area contributed by atoms with Gasteiger partial charge in [0.1, 0.15) is 5.75 Å². The monoisotopic (exact) mass is 274 g/mol. The SMILES string of the molecule is NC(=O)c1cccc(OC(F)(F)F)c1C1CCNC1. The first-order valence-corrected chi connectivity index (χ1v) is 5.77. The standard InChI is InChI=1S/C12H13F3N2O2/c13-12(14,15)19-9-3-1-2-8(11(16)18)10(9)7-4-5-17-6-7/h1-3,7,17H,4-6H2,(H2,16,18). The van der Waals surface area contributed by atoms with E-state index in [1.165, 1.54) is 18.2 Å². The highest BCUT2D eigenvalue weighted by molar-refractivity contribution is 5.95. The average molecular weight is 274 g/mol. The van der Waals surface area contributed by atoms with Gasteiger partial charge in [0.15, 0.2) is 0 Å². The zero-order valence-corrected chi connectivity index (χ0v) is 9.96. The number of ether oxygens (including phenoxy) is 1. The van der Waals surface area contributed by atoms with Crippen LogP contribution in [0.25, 0.3) is 0 Å². The van der Waals surface area contributed by atoms with Crippen LogP contribution in [0.3, 0.4) is 0 Å². The first-order chi connectivity index (χ1) is 8.88. The number of benzene rings is 1. The van der Waals surface area contributed by atoms with Gasteiger partial charge in [0.05, 0.1) is 0 Å². The van der Waals surface area contributed by atoms with Crippen molar-refractivity contribution in [2.45, 2.75) is 18.7 Å². The number of carbonyl (C=O) groups is 1. The first-order valence-electron chi connectivity index (χ1n) is 5.77. The summed E-state index contributed by atoms with van der Waals surface area (Å²) in [4.78, 5) is 11.4. The lowest BCUT2D eigenvalue weighted by atomic mass is 9.92. The third-order valence-corrected chi connectivity index (χ3v) is 3.03. The Labute approximate surface area is 107 Å². The van der Waals surface area contributed by atoms with Crippen molar-refractivity contribution in [1.29, 1.82) is 0 Å². The third-order valence-electron chi connectivity index (χ3n) is 3.03. The molecule has 1 aromatic rings. The smallest absolute Gasteiger partial charge is 0.405 e. The lowest BCUT2D eigenvalue weighted by molar-refractivity contribution is -0.275. The Morgan fingerprint density at radius 1 is 1.42 bits per heavy atom. The van der Waals surface area contributed by atoms with E-state index in [2.05, 4.69) is 10.1 Å². The van der Waals surface area contributed by atoms with Gasteiger partial charge in [-0.2, -0.15) is 0 Å². The molecule has 0 aromatic heterocycles. The molecule has 1 aliphatic heterocycles. The third kappa shape index (κ3) is 3.17. The van der Waals surface area contributed by atoms with Crippen LogP contribution in [-0.2, 0) is 0 Å². The van der Waals surface area contributed by atoms with E-state index in [1.54, 1.807) is 0 Å². The molecular weight excluding hydrogens is 261 g/mol. The van der Waals surface area contributed by atoms with Crippen LogP contribution < -0.4 is 15.8 Å². The fourth-order valence-electron chi connectivity index (χ4n) is 2.29. The van der Waals surface area contributed by atoms with Gasteiger partial charge >= 0.3 is 6.36 Å². The molecule has 19 heavy (non-hydrogen) atoms. The van der Waals surface area contributed by atoms with E-state index < -0.39 is 12.3 Å². The zero-order chi connectivity index (χ0) is 14.0. The number of halogens is 3. The number of primary amides is 1. The highest BCUT2D eigenvalue weighted by Crippen LogP contribution is 2.36. The minimum absolute atomic E-state index is 0.0791. The predicted molar refractivity (Wildman–Crippen MR) is 61.9 cm³/mol. The Hall–Kier alpha value is -1.76. The number of alkyl halides is 3. The number of nitrogens with two attached hydrogens (primary N) is 1. The van der Waals surface area contributed by atoms with E-state index in [4.69, 9.17) is 5.73 Å². The zero-order valence-electron chi connectivity index (χ0n) is 9.96. The maximum Gasteiger partial charge on any atom is 0.573 e. The maximum absolute atomic E-state index is 12.4. The molecular formula is C12H13F3N2O2. The largest absolute Gasteiger partial charge is 0.573 e. The molecule has 0 radical (unpaired) electrons. The number of amides is 1. The summed E-state index contributed by atoms with van der Waals surface area (Å²) >= 11 is 0. The minimum atomic E-state index is -4.79. The lowest BCUT2D eigenvalue weighted by Gasteiger charge is -2.19. The molecule has 0 spiro atoms. The predicted octanol–water partition coefficient (Wildman–Crippen LogP) is 1.76. The van der Waals surface area contributed by atoms with Crippen LogP contribution >= 0.6 is 0 Å². The van der Waals surface area contributed by atoms with Crippen molar-refractivity contribution in [3.8, 4) is 5.75 Å². The van der Waals surface area contributed by atoms with E-state index in [9.17, 15) is 18.0 Å². The Kier molecular flexibility index (Phi) is 3.66. The van der Waals surface area contributed by atoms with Gasteiger partial charge in [0, 0.05) is 23.6 Å². The van der Waals surface area contributed by atoms with Crippen LogP contribution in [0.2, 0.25) is 0 Å². The van der Waals surface area contributed by atoms with E-state index >= 15 is 0 Å². The van der Waals surface area contributed by atoms with Gasteiger partial charge in [-0.05, 0) is 25.1 Å². The summed E-state index contributed by atoms with van der Waals surface area (Å²) in [6.07, 6.45) is -4.16. The average Bonchev–Trinajstić information content (AvgIpc) is 2.79. The lowest BCUT2D eigenvalue weighted by Crippen LogP contribution is -2.22. The summed E-state index contributed by atoms with van der Waals surface area (Å²) in [7, 11) is 0. The van der Waals surface area contributed by atoms with Crippen molar-refractivity contribution >= 4 is 5.91 Å². The fraction of sp³-hybridized carbons (Fsp3) is 0.417. The Morgan fingerprint density at radius 3 is 2.68 bits per heavy atom. The molecule has 0 saturated carbocycles. The van der Waals surface area contributed by atoms with Crippen molar-refractivity contribution in [2.24, 2.45) is 5.73 Å². The molecule has 3 N–H and O–H groups in total. The van der Waals surface area contributed by atoms with E-state index in [-0.39, 0.29) is 22.8 Å². The van der Waals surface area contributed by atoms with Crippen molar-refractivity contribution in [3.05, 3.63) is 29.3 Å². The van der Waals surface area contributed by atoms with Gasteiger partial charge < -0.3 is 15.8 Å². The minimum Gasteiger partial charge on any atom is -0.405 e. The maximum atomic E-state index is 12.4. The molecule has 1 saturated heterocycles. The van der Waals surface area contributed by atoms with E-state index in [0.717, 1.165) is 0 Å². The second-order valence-electron chi connectivity index (χ2n) is 4.32. The molecule has 4 nitrogen and oxygen atoms in total. The topological polar surface area (TPSA) is 64.4 Å². The quantitative estimate of drug-likeness (QED) is 0.882. The van der Waals surface area contributed by atoms with Gasteiger partial charge in [-0.3, -0.25) is 4.79 Å². The van der Waals surface area contributed by atoms with Crippen LogP contribution in [0, 0.1) is 0 Å². The molecule has 0 aliphatic carbocycles. The summed E-state index contributed by atoms with van der Waals surface area (Å²) in [5.74, 6) is -1.31. The van der Waals surface area contributed by atoms with Crippen LogP contribution in [0.15, 0.2) is 18.2 Å². The molecule has 1 atom stereocenters. The van der Waals surface area contributed by atoms with Crippen LogP contribution in [0.1, 0.15) is 28.3 Å². The van der Waals surface area contributed by atoms with Crippen LogP contribution in [-0.4, -0.2) is 25.4 Å². The van der Waals surface area contributed by atoms with Gasteiger partial charge in [0.25, 0.3) is 0 Å². The van der Waals surface area contributed by atoms with Crippen LogP contribution in [0.5, 0.6) is 5.75 Å². The molecule has 2 rings (SSSR count). The molecule has 1 aliphatic rings. The molecule has 1 aromatic carbocycles. The molecule has 1 fully saturated rings. The van der Waals surface area contributed by atoms with Crippen molar-refractivity contribution in [2.75, 3.05) is 13.1 Å². The molecule has 1 amide bonds. The summed E-state index contributed by atoms with van der Waals surface area (Å²) in [5.41, 5.74) is 5.53. The highest BCUT2D eigenvalue weighted by Gasteiger charge is 2.34. The Bertz CT molecular complexity index is 482. The second-order valence-corrected chi connectivity index (χ2v) is 4.32.